The Morgan fingerprint density at radius 2 is 1.79 bits per heavy atom. The molecule has 4 nitrogen and oxygen atoms in total. The third-order valence-electron chi connectivity index (χ3n) is 1.66. The van der Waals surface area contributed by atoms with Crippen LogP contribution in [0.2, 0.25) is 0 Å². The van der Waals surface area contributed by atoms with Crippen molar-refractivity contribution in [2.24, 2.45) is 0 Å². The molecule has 0 heterocycles. The Hall–Kier alpha value is -1.97. The number of carboxylic acids is 1. The quantitative estimate of drug-likeness (QED) is 0.567. The molecule has 0 aliphatic carbocycles. The molecule has 0 saturated carbocycles. The Kier molecular flexibility index (Phi) is 3.12. The minimum absolute atomic E-state index is 0.0434. The molecule has 0 atom stereocenters. The van der Waals surface area contributed by atoms with Gasteiger partial charge >= 0.3 is 5.97 Å². The smallest absolute Gasteiger partial charge is 0.374 e. The number of ether oxygens (including phenoxy) is 1. The van der Waals surface area contributed by atoms with E-state index >= 15 is 0 Å². The van der Waals surface area contributed by atoms with Crippen LogP contribution in [0.1, 0.15) is 5.56 Å². The van der Waals surface area contributed by atoms with Crippen LogP contribution in [0.25, 0.3) is 5.76 Å². The van der Waals surface area contributed by atoms with E-state index < -0.39 is 11.7 Å². The van der Waals surface area contributed by atoms with Gasteiger partial charge in [0.15, 0.2) is 5.76 Å². The van der Waals surface area contributed by atoms with E-state index in [2.05, 4.69) is 0 Å². The first-order valence-electron chi connectivity index (χ1n) is 3.92. The molecule has 0 unspecified atom stereocenters. The Labute approximate surface area is 81.1 Å². The molecular formula is C10H10O4. The number of hydrogen-bond donors (Lipinski definition) is 2. The first-order chi connectivity index (χ1) is 6.66. The van der Waals surface area contributed by atoms with E-state index in [0.717, 1.165) is 0 Å². The van der Waals surface area contributed by atoms with Gasteiger partial charge in [-0.25, -0.2) is 4.79 Å². The maximum absolute atomic E-state index is 10.5. The number of aliphatic hydroxyl groups is 1. The van der Waals surface area contributed by atoms with Gasteiger partial charge in [0.2, 0.25) is 5.76 Å². The number of aliphatic hydroxyl groups excluding tert-OH is 1. The lowest BCUT2D eigenvalue weighted by molar-refractivity contribution is -0.135. The van der Waals surface area contributed by atoms with Gasteiger partial charge in [0, 0.05) is 5.56 Å². The van der Waals surface area contributed by atoms with Crippen molar-refractivity contribution in [3.63, 3.8) is 0 Å². The summed E-state index contributed by atoms with van der Waals surface area (Å²) in [5.41, 5.74) is 0.523. The van der Waals surface area contributed by atoms with E-state index in [4.69, 9.17) is 9.84 Å². The standard InChI is InChI=1S/C10H10O4/c1-14-9(8(11)10(12)13)7-5-3-2-4-6-7/h2-6,11H,1H3,(H,12,13). The van der Waals surface area contributed by atoms with Crippen LogP contribution in [0.4, 0.5) is 0 Å². The van der Waals surface area contributed by atoms with Crippen molar-refractivity contribution in [2.45, 2.75) is 0 Å². The average Bonchev–Trinajstić information content (AvgIpc) is 2.20. The molecular weight excluding hydrogens is 184 g/mol. The molecule has 1 aromatic carbocycles. The van der Waals surface area contributed by atoms with Crippen molar-refractivity contribution in [2.75, 3.05) is 7.11 Å². The third-order valence-corrected chi connectivity index (χ3v) is 1.66. The molecule has 74 valence electrons. The fourth-order valence-corrected chi connectivity index (χ4v) is 1.04. The van der Waals surface area contributed by atoms with Crippen LogP contribution in [-0.2, 0) is 9.53 Å². The van der Waals surface area contributed by atoms with Gasteiger partial charge in [-0.15, -0.1) is 0 Å². The number of methoxy groups -OCH3 is 1. The molecule has 0 aliphatic rings. The summed E-state index contributed by atoms with van der Waals surface area (Å²) in [4.78, 5) is 10.5. The van der Waals surface area contributed by atoms with E-state index in [-0.39, 0.29) is 5.76 Å². The van der Waals surface area contributed by atoms with Crippen LogP contribution in [0, 0.1) is 0 Å². The molecule has 1 rings (SSSR count). The molecule has 0 spiro atoms. The molecule has 0 fully saturated rings. The summed E-state index contributed by atoms with van der Waals surface area (Å²) in [7, 11) is 1.31. The molecule has 0 amide bonds. The predicted octanol–water partition coefficient (Wildman–Crippen LogP) is 1.64. The highest BCUT2D eigenvalue weighted by Crippen LogP contribution is 2.17. The van der Waals surface area contributed by atoms with Gasteiger partial charge in [0.1, 0.15) is 0 Å². The van der Waals surface area contributed by atoms with Crippen LogP contribution in [0.3, 0.4) is 0 Å². The summed E-state index contributed by atoms with van der Waals surface area (Å²) in [6.45, 7) is 0. The van der Waals surface area contributed by atoms with Crippen LogP contribution < -0.4 is 0 Å². The number of rotatable bonds is 3. The third kappa shape index (κ3) is 2.04. The minimum Gasteiger partial charge on any atom is -0.499 e. The zero-order valence-corrected chi connectivity index (χ0v) is 7.60. The molecule has 0 bridgehead atoms. The van der Waals surface area contributed by atoms with Crippen molar-refractivity contribution in [1.29, 1.82) is 0 Å². The van der Waals surface area contributed by atoms with Gasteiger partial charge in [-0.1, -0.05) is 30.3 Å². The average molecular weight is 194 g/mol. The van der Waals surface area contributed by atoms with Gasteiger partial charge in [-0.3, -0.25) is 0 Å². The van der Waals surface area contributed by atoms with E-state index in [1.54, 1.807) is 30.3 Å². The summed E-state index contributed by atoms with van der Waals surface area (Å²) < 4.78 is 4.81. The number of hydrogen-bond acceptors (Lipinski definition) is 3. The zero-order valence-electron chi connectivity index (χ0n) is 7.60. The Bertz CT molecular complexity index is 354. The lowest BCUT2D eigenvalue weighted by Crippen LogP contribution is -2.04. The SMILES string of the molecule is COC(=C(O)C(=O)O)c1ccccc1. The van der Waals surface area contributed by atoms with Gasteiger partial charge < -0.3 is 14.9 Å². The van der Waals surface area contributed by atoms with Crippen molar-refractivity contribution in [3.8, 4) is 0 Å². The summed E-state index contributed by atoms with van der Waals surface area (Å²) >= 11 is 0. The van der Waals surface area contributed by atoms with E-state index in [1.807, 2.05) is 0 Å². The molecule has 0 radical (unpaired) electrons. The Morgan fingerprint density at radius 3 is 2.21 bits per heavy atom. The summed E-state index contributed by atoms with van der Waals surface area (Å²) in [5, 5.41) is 17.8. The minimum atomic E-state index is -1.41. The monoisotopic (exact) mass is 194 g/mol. The van der Waals surface area contributed by atoms with E-state index in [1.165, 1.54) is 7.11 Å². The van der Waals surface area contributed by atoms with E-state index in [0.29, 0.717) is 5.56 Å². The van der Waals surface area contributed by atoms with Gasteiger partial charge in [0.25, 0.3) is 0 Å². The second-order valence-corrected chi connectivity index (χ2v) is 2.55. The predicted molar refractivity (Wildman–Crippen MR) is 50.6 cm³/mol. The lowest BCUT2D eigenvalue weighted by Gasteiger charge is -2.06. The first kappa shape index (κ1) is 10.1. The lowest BCUT2D eigenvalue weighted by atomic mass is 10.1. The number of carbonyl (C=O) groups is 1. The maximum atomic E-state index is 10.5. The topological polar surface area (TPSA) is 66.8 Å². The molecule has 0 aliphatic heterocycles. The zero-order chi connectivity index (χ0) is 10.6. The van der Waals surface area contributed by atoms with Crippen molar-refractivity contribution < 1.29 is 19.7 Å². The van der Waals surface area contributed by atoms with Crippen LogP contribution >= 0.6 is 0 Å². The van der Waals surface area contributed by atoms with Gasteiger partial charge in [0.05, 0.1) is 7.11 Å². The van der Waals surface area contributed by atoms with Crippen molar-refractivity contribution >= 4 is 11.7 Å². The summed E-state index contributed by atoms with van der Waals surface area (Å²) in [6, 6.07) is 8.54. The van der Waals surface area contributed by atoms with Crippen LogP contribution in [-0.4, -0.2) is 23.3 Å². The molecule has 0 saturated heterocycles. The fraction of sp³-hybridized carbons (Fsp3) is 0.100. The highest BCUT2D eigenvalue weighted by atomic mass is 16.5. The summed E-state index contributed by atoms with van der Waals surface area (Å²) in [6.07, 6.45) is 0. The van der Waals surface area contributed by atoms with Crippen molar-refractivity contribution in [3.05, 3.63) is 41.7 Å². The number of carboxylic acid groups (broad SMARTS) is 1. The first-order valence-corrected chi connectivity index (χ1v) is 3.92. The normalized spacial score (nSPS) is 11.8. The second-order valence-electron chi connectivity index (χ2n) is 2.55. The maximum Gasteiger partial charge on any atom is 0.374 e. The second kappa shape index (κ2) is 4.32. The van der Waals surface area contributed by atoms with Gasteiger partial charge in [-0.05, 0) is 0 Å². The fourth-order valence-electron chi connectivity index (χ4n) is 1.04. The highest BCUT2D eigenvalue weighted by Gasteiger charge is 2.14. The molecule has 0 aromatic heterocycles. The summed E-state index contributed by atoms with van der Waals surface area (Å²) in [5.74, 6) is -2.25. The Morgan fingerprint density at radius 1 is 1.21 bits per heavy atom. The van der Waals surface area contributed by atoms with E-state index in [9.17, 15) is 9.90 Å². The molecule has 14 heavy (non-hydrogen) atoms. The molecule has 4 heteroatoms. The van der Waals surface area contributed by atoms with Crippen LogP contribution in [0.15, 0.2) is 36.1 Å². The number of benzene rings is 1. The largest absolute Gasteiger partial charge is 0.499 e. The van der Waals surface area contributed by atoms with Gasteiger partial charge in [-0.2, -0.15) is 0 Å². The highest BCUT2D eigenvalue weighted by molar-refractivity contribution is 5.92. The van der Waals surface area contributed by atoms with Crippen LogP contribution in [0.5, 0.6) is 0 Å². The molecule has 1 aromatic rings. The van der Waals surface area contributed by atoms with Crippen molar-refractivity contribution in [1.82, 2.24) is 0 Å². The number of aliphatic carboxylic acids is 1. The Balaban J connectivity index is 3.17. The molecule has 2 N–H and O–H groups in total.